The normalized spacial score (nSPS) is 11.9. The first-order valence-corrected chi connectivity index (χ1v) is 18.9. The highest BCUT2D eigenvalue weighted by Gasteiger charge is 2.20. The summed E-state index contributed by atoms with van der Waals surface area (Å²) in [5.41, 5.74) is 6.63. The van der Waals surface area contributed by atoms with Gasteiger partial charge in [0.2, 0.25) is 0 Å². The summed E-state index contributed by atoms with van der Waals surface area (Å²) in [5, 5.41) is 12.3. The topological polar surface area (TPSA) is 13.1 Å². The summed E-state index contributed by atoms with van der Waals surface area (Å²) in [6.07, 6.45) is 0. The Morgan fingerprint density at radius 1 is 0.333 bits per heavy atom. The maximum absolute atomic E-state index is 6.82. The second-order valence-corrected chi connectivity index (χ2v) is 15.3. The van der Waals surface area contributed by atoms with E-state index in [-0.39, 0.29) is 0 Å². The van der Waals surface area contributed by atoms with Crippen molar-refractivity contribution in [3.63, 3.8) is 0 Å². The summed E-state index contributed by atoms with van der Waals surface area (Å²) in [6, 6.07) is 61.8. The number of fused-ring (bicyclic) bond motifs is 14. The zero-order valence-electron chi connectivity index (χ0n) is 27.4. The van der Waals surface area contributed by atoms with Gasteiger partial charge < -0.3 is 4.42 Å². The molecule has 0 aliphatic carbocycles. The third-order valence-corrected chi connectivity index (χ3v) is 12.7. The average molecular weight is 685 g/mol. The molecule has 11 rings (SSSR count). The largest absolute Gasteiger partial charge is 0.455 e. The molecule has 0 saturated heterocycles. The lowest BCUT2D eigenvalue weighted by Gasteiger charge is -2.10. The van der Waals surface area contributed by atoms with Crippen molar-refractivity contribution in [2.24, 2.45) is 0 Å². The Kier molecular flexibility index (Phi) is 6.36. The van der Waals surface area contributed by atoms with Crippen molar-refractivity contribution in [3.05, 3.63) is 170 Å². The minimum Gasteiger partial charge on any atom is -0.455 e. The molecular weight excluding hydrogens is 657 g/mol. The molecule has 11 aromatic rings. The number of furan rings is 1. The van der Waals surface area contributed by atoms with Gasteiger partial charge in [-0.05, 0) is 68.7 Å². The van der Waals surface area contributed by atoms with E-state index < -0.39 is 0 Å². The van der Waals surface area contributed by atoms with Gasteiger partial charge >= 0.3 is 0 Å². The second-order valence-electron chi connectivity index (χ2n) is 13.2. The molecule has 0 aliphatic heterocycles. The molecule has 0 radical (unpaired) electrons. The van der Waals surface area contributed by atoms with Crippen LogP contribution in [0.3, 0.4) is 0 Å². The molecule has 0 saturated carbocycles. The van der Waals surface area contributed by atoms with Gasteiger partial charge in [0.15, 0.2) is 0 Å². The van der Waals surface area contributed by atoms with Crippen molar-refractivity contribution in [2.45, 2.75) is 0 Å². The van der Waals surface area contributed by atoms with Crippen LogP contribution in [0.15, 0.2) is 174 Å². The number of thiophene rings is 2. The fraction of sp³-hybridized carbons (Fsp3) is 0. The van der Waals surface area contributed by atoms with Crippen LogP contribution in [0.25, 0.3) is 106 Å². The monoisotopic (exact) mass is 684 g/mol. The Morgan fingerprint density at radius 3 is 1.63 bits per heavy atom. The van der Waals surface area contributed by atoms with Crippen LogP contribution in [0.5, 0.6) is 0 Å². The fourth-order valence-electron chi connectivity index (χ4n) is 8.03. The summed E-state index contributed by atoms with van der Waals surface area (Å²) in [4.78, 5) is 0. The smallest absolute Gasteiger partial charge is 0.145 e. The molecule has 1 nitrogen and oxygen atoms in total. The van der Waals surface area contributed by atoms with E-state index >= 15 is 0 Å². The molecule has 0 amide bonds. The standard InChI is InChI=1S/C48H28OS2/c1-2-4-14-32(30-23-25-36-35-17-9-11-21-42(35)50-44(36)28-30)34-16-6-5-15-33(34)31(13-3-1)29-24-26-41-40(27-29)45-37-18-7-8-19-38(37)48-46(47(45)49-41)39-20-10-12-22-43(39)51-48/h1-28H. The molecule has 3 heterocycles. The molecule has 0 aliphatic rings. The molecule has 238 valence electrons. The van der Waals surface area contributed by atoms with Gasteiger partial charge in [0, 0.05) is 56.5 Å². The van der Waals surface area contributed by atoms with Crippen molar-refractivity contribution in [2.75, 3.05) is 0 Å². The predicted molar refractivity (Wildman–Crippen MR) is 223 cm³/mol. The van der Waals surface area contributed by atoms with E-state index in [1.165, 1.54) is 84.0 Å². The molecule has 0 unspecified atom stereocenters. The number of hydrogen-bond donors (Lipinski definition) is 0. The number of rotatable bonds is 2. The van der Waals surface area contributed by atoms with Crippen molar-refractivity contribution in [1.82, 2.24) is 0 Å². The van der Waals surface area contributed by atoms with E-state index in [4.69, 9.17) is 4.42 Å². The summed E-state index contributed by atoms with van der Waals surface area (Å²) in [6.45, 7) is 0. The lowest BCUT2D eigenvalue weighted by molar-refractivity contribution is 0.673. The van der Waals surface area contributed by atoms with Crippen molar-refractivity contribution in [3.8, 4) is 22.3 Å². The van der Waals surface area contributed by atoms with E-state index in [1.54, 1.807) is 0 Å². The van der Waals surface area contributed by atoms with E-state index in [0.717, 1.165) is 22.1 Å². The van der Waals surface area contributed by atoms with Crippen LogP contribution in [-0.2, 0) is 0 Å². The van der Waals surface area contributed by atoms with Crippen LogP contribution in [0.4, 0.5) is 0 Å². The first-order valence-electron chi connectivity index (χ1n) is 17.3. The van der Waals surface area contributed by atoms with Gasteiger partial charge in [0.1, 0.15) is 11.2 Å². The lowest BCUT2D eigenvalue weighted by atomic mass is 9.94. The van der Waals surface area contributed by atoms with Gasteiger partial charge in [-0.2, -0.15) is 0 Å². The average Bonchev–Trinajstić information content (AvgIpc) is 3.87. The third kappa shape index (κ3) is 4.39. The summed E-state index contributed by atoms with van der Waals surface area (Å²) in [7, 11) is 0. The van der Waals surface area contributed by atoms with Crippen LogP contribution < -0.4 is 0 Å². The predicted octanol–water partition coefficient (Wildman–Crippen LogP) is 15.1. The lowest BCUT2D eigenvalue weighted by Crippen LogP contribution is -1.83. The quantitative estimate of drug-likeness (QED) is 0.177. The summed E-state index contributed by atoms with van der Waals surface area (Å²) >= 11 is 3.72. The zero-order chi connectivity index (χ0) is 33.5. The van der Waals surface area contributed by atoms with Crippen LogP contribution in [0.2, 0.25) is 0 Å². The minimum absolute atomic E-state index is 0.908. The number of hydrogen-bond acceptors (Lipinski definition) is 3. The highest BCUT2D eigenvalue weighted by atomic mass is 32.1. The Morgan fingerprint density at radius 2 is 0.882 bits per heavy atom. The Balaban J connectivity index is 1.20. The zero-order valence-corrected chi connectivity index (χ0v) is 29.0. The van der Waals surface area contributed by atoms with Gasteiger partial charge in [-0.1, -0.05) is 140 Å². The highest BCUT2D eigenvalue weighted by Crippen LogP contribution is 2.48. The molecule has 0 atom stereocenters. The highest BCUT2D eigenvalue weighted by molar-refractivity contribution is 7.27. The van der Waals surface area contributed by atoms with Crippen molar-refractivity contribution >= 4 is 107 Å². The first kappa shape index (κ1) is 28.8. The number of benzene rings is 7. The third-order valence-electron chi connectivity index (χ3n) is 10.3. The van der Waals surface area contributed by atoms with Gasteiger partial charge in [-0.3, -0.25) is 0 Å². The van der Waals surface area contributed by atoms with Gasteiger partial charge in [-0.25, -0.2) is 0 Å². The molecule has 3 heteroatoms. The molecule has 51 heavy (non-hydrogen) atoms. The maximum Gasteiger partial charge on any atom is 0.145 e. The van der Waals surface area contributed by atoms with Crippen molar-refractivity contribution < 1.29 is 4.42 Å². The SMILES string of the molecule is c1cccc(-c2ccc3oc4c(c3c2)c2ccccc2c2sc3ccccc3c42)c2ccccc2c(-c2ccc3c(c2)sc2ccccc23)cc1. The van der Waals surface area contributed by atoms with Crippen molar-refractivity contribution in [1.29, 1.82) is 0 Å². The summed E-state index contributed by atoms with van der Waals surface area (Å²) < 4.78 is 12.0. The van der Waals surface area contributed by atoms with Gasteiger partial charge in [-0.15, -0.1) is 22.7 Å². The molecule has 0 N–H and O–H groups in total. The Hall–Kier alpha value is -6.00. The van der Waals surface area contributed by atoms with Crippen LogP contribution in [-0.4, -0.2) is 0 Å². The van der Waals surface area contributed by atoms with E-state index in [9.17, 15) is 0 Å². The van der Waals surface area contributed by atoms with E-state index in [2.05, 4.69) is 170 Å². The molecule has 0 bridgehead atoms. The molecule has 8 aromatic carbocycles. The van der Waals surface area contributed by atoms with E-state index in [0.29, 0.717) is 0 Å². The maximum atomic E-state index is 6.82. The van der Waals surface area contributed by atoms with Gasteiger partial charge in [0.25, 0.3) is 0 Å². The molecule has 0 fully saturated rings. The fourth-order valence-corrected chi connectivity index (χ4v) is 10.4. The molecular formula is C48H28OS2. The minimum atomic E-state index is 0.908. The Bertz CT molecular complexity index is 3260. The molecule has 3 aromatic heterocycles. The van der Waals surface area contributed by atoms with E-state index in [1.807, 2.05) is 22.7 Å². The first-order chi connectivity index (χ1) is 25.3. The second kappa shape index (κ2) is 11.3. The Labute approximate surface area is 301 Å². The van der Waals surface area contributed by atoms with Crippen LogP contribution in [0.1, 0.15) is 0 Å². The van der Waals surface area contributed by atoms with Gasteiger partial charge in [0.05, 0.1) is 0 Å². The summed E-state index contributed by atoms with van der Waals surface area (Å²) in [5.74, 6) is 0. The molecule has 0 spiro atoms. The van der Waals surface area contributed by atoms with Crippen LogP contribution in [0, 0.1) is 0 Å². The van der Waals surface area contributed by atoms with Crippen LogP contribution >= 0.6 is 22.7 Å².